The third kappa shape index (κ3) is 2.05. The van der Waals surface area contributed by atoms with Crippen molar-refractivity contribution in [1.29, 1.82) is 0 Å². The Balaban J connectivity index is 2.35. The molecule has 1 atom stereocenters. The zero-order valence-electron chi connectivity index (χ0n) is 11.6. The standard InChI is InChI=1S/C13H12ClF2N3O3/c1-18-11(21)7-4-9(20)19(5-8(7)10(14)17-18)13(12(15)16)2-3-22-6-13/h4-5,12H,2-3,6H2,1H3. The maximum Gasteiger partial charge on any atom is 0.274 e. The number of hydrogen-bond donors (Lipinski definition) is 0. The van der Waals surface area contributed by atoms with Crippen molar-refractivity contribution in [3.05, 3.63) is 38.1 Å². The molecular formula is C13H12ClF2N3O3. The third-order valence-corrected chi connectivity index (χ3v) is 4.23. The van der Waals surface area contributed by atoms with Gasteiger partial charge in [0, 0.05) is 37.7 Å². The highest BCUT2D eigenvalue weighted by molar-refractivity contribution is 6.34. The quantitative estimate of drug-likeness (QED) is 0.827. The predicted octanol–water partition coefficient (Wildman–Crippen LogP) is 1.13. The van der Waals surface area contributed by atoms with Crippen LogP contribution in [0.4, 0.5) is 8.78 Å². The first-order chi connectivity index (χ1) is 10.4. The van der Waals surface area contributed by atoms with Crippen LogP contribution in [0.5, 0.6) is 0 Å². The van der Waals surface area contributed by atoms with E-state index in [4.69, 9.17) is 16.3 Å². The monoisotopic (exact) mass is 331 g/mol. The molecule has 2 aromatic rings. The average molecular weight is 332 g/mol. The predicted molar refractivity (Wildman–Crippen MR) is 75.7 cm³/mol. The summed E-state index contributed by atoms with van der Waals surface area (Å²) >= 11 is 5.99. The van der Waals surface area contributed by atoms with E-state index in [-0.39, 0.29) is 35.6 Å². The number of aryl methyl sites for hydroxylation is 1. The van der Waals surface area contributed by atoms with Crippen molar-refractivity contribution in [2.24, 2.45) is 7.05 Å². The lowest BCUT2D eigenvalue weighted by atomic mass is 9.98. The molecule has 0 aliphatic carbocycles. The number of fused-ring (bicyclic) bond motifs is 1. The van der Waals surface area contributed by atoms with Gasteiger partial charge in [0.25, 0.3) is 17.5 Å². The van der Waals surface area contributed by atoms with E-state index in [0.29, 0.717) is 0 Å². The molecular weight excluding hydrogens is 320 g/mol. The van der Waals surface area contributed by atoms with Crippen molar-refractivity contribution in [1.82, 2.24) is 14.3 Å². The minimum Gasteiger partial charge on any atom is -0.379 e. The summed E-state index contributed by atoms with van der Waals surface area (Å²) < 4.78 is 34.1. The molecule has 1 saturated heterocycles. The van der Waals surface area contributed by atoms with E-state index >= 15 is 0 Å². The lowest BCUT2D eigenvalue weighted by Crippen LogP contribution is -2.47. The van der Waals surface area contributed by atoms with Crippen molar-refractivity contribution < 1.29 is 13.5 Å². The number of hydrogen-bond acceptors (Lipinski definition) is 4. The highest BCUT2D eigenvalue weighted by Gasteiger charge is 2.46. The second-order valence-electron chi connectivity index (χ2n) is 5.24. The fourth-order valence-corrected chi connectivity index (χ4v) is 2.93. The number of aromatic nitrogens is 3. The van der Waals surface area contributed by atoms with E-state index in [1.807, 2.05) is 0 Å². The SMILES string of the molecule is Cn1nc(Cl)c2cn(C3(C(F)F)CCOC3)c(=O)cc2c1=O. The van der Waals surface area contributed by atoms with Gasteiger partial charge in [-0.3, -0.25) is 9.59 Å². The van der Waals surface area contributed by atoms with Crippen molar-refractivity contribution in [2.45, 2.75) is 18.4 Å². The van der Waals surface area contributed by atoms with E-state index in [1.165, 1.54) is 13.2 Å². The van der Waals surface area contributed by atoms with Gasteiger partial charge in [0.2, 0.25) is 0 Å². The van der Waals surface area contributed by atoms with E-state index in [0.717, 1.165) is 15.3 Å². The Morgan fingerprint density at radius 1 is 1.41 bits per heavy atom. The maximum absolute atomic E-state index is 13.6. The molecule has 6 nitrogen and oxygen atoms in total. The summed E-state index contributed by atoms with van der Waals surface area (Å²) in [6.45, 7) is -0.136. The summed E-state index contributed by atoms with van der Waals surface area (Å²) in [7, 11) is 1.39. The summed E-state index contributed by atoms with van der Waals surface area (Å²) in [5.41, 5.74) is -2.95. The summed E-state index contributed by atoms with van der Waals surface area (Å²) in [5, 5.41) is 3.98. The van der Waals surface area contributed by atoms with Gasteiger partial charge >= 0.3 is 0 Å². The zero-order chi connectivity index (χ0) is 16.1. The highest BCUT2D eigenvalue weighted by atomic mass is 35.5. The molecule has 1 fully saturated rings. The summed E-state index contributed by atoms with van der Waals surface area (Å²) in [5.74, 6) is 0. The lowest BCUT2D eigenvalue weighted by Gasteiger charge is -2.29. The fraction of sp³-hybridized carbons (Fsp3) is 0.462. The van der Waals surface area contributed by atoms with Crippen LogP contribution < -0.4 is 11.1 Å². The van der Waals surface area contributed by atoms with Crippen LogP contribution >= 0.6 is 11.6 Å². The Labute approximate surface area is 127 Å². The smallest absolute Gasteiger partial charge is 0.274 e. The van der Waals surface area contributed by atoms with Crippen molar-refractivity contribution >= 4 is 22.4 Å². The van der Waals surface area contributed by atoms with Crippen LogP contribution in [0.1, 0.15) is 6.42 Å². The topological polar surface area (TPSA) is 66.1 Å². The van der Waals surface area contributed by atoms with Crippen LogP contribution in [0, 0.1) is 0 Å². The summed E-state index contributed by atoms with van der Waals surface area (Å²) in [4.78, 5) is 24.3. The number of alkyl halides is 2. The molecule has 9 heteroatoms. The molecule has 0 bridgehead atoms. The maximum atomic E-state index is 13.6. The van der Waals surface area contributed by atoms with Gasteiger partial charge in [-0.2, -0.15) is 5.10 Å². The minimum absolute atomic E-state index is 0.00592. The zero-order valence-corrected chi connectivity index (χ0v) is 12.3. The number of halogens is 3. The molecule has 22 heavy (non-hydrogen) atoms. The molecule has 0 spiro atoms. The second-order valence-corrected chi connectivity index (χ2v) is 5.59. The highest BCUT2D eigenvalue weighted by Crippen LogP contribution is 2.33. The van der Waals surface area contributed by atoms with Crippen LogP contribution in [0.2, 0.25) is 5.15 Å². The fourth-order valence-electron chi connectivity index (χ4n) is 2.66. The van der Waals surface area contributed by atoms with Crippen LogP contribution in [0.3, 0.4) is 0 Å². The van der Waals surface area contributed by atoms with Crippen molar-refractivity contribution in [3.8, 4) is 0 Å². The molecule has 0 saturated carbocycles. The number of pyridine rings is 1. The van der Waals surface area contributed by atoms with E-state index in [9.17, 15) is 18.4 Å². The minimum atomic E-state index is -2.79. The van der Waals surface area contributed by atoms with Gasteiger partial charge in [-0.05, 0) is 0 Å². The normalized spacial score (nSPS) is 21.9. The second kappa shape index (κ2) is 5.13. The summed E-state index contributed by atoms with van der Waals surface area (Å²) in [6.07, 6.45) is -1.61. The molecule has 3 rings (SSSR count). The molecule has 1 aliphatic heterocycles. The van der Waals surface area contributed by atoms with Crippen molar-refractivity contribution in [2.75, 3.05) is 13.2 Å². The Bertz CT molecular complexity index is 856. The van der Waals surface area contributed by atoms with Gasteiger partial charge in [0.05, 0.1) is 12.0 Å². The Kier molecular flexibility index (Phi) is 3.53. The van der Waals surface area contributed by atoms with Gasteiger partial charge in [0.1, 0.15) is 5.54 Å². The largest absolute Gasteiger partial charge is 0.379 e. The Morgan fingerprint density at radius 3 is 2.73 bits per heavy atom. The molecule has 0 amide bonds. The van der Waals surface area contributed by atoms with E-state index in [1.54, 1.807) is 0 Å². The van der Waals surface area contributed by atoms with Gasteiger partial charge in [-0.15, -0.1) is 0 Å². The molecule has 1 aliphatic rings. The van der Waals surface area contributed by atoms with Crippen molar-refractivity contribution in [3.63, 3.8) is 0 Å². The van der Waals surface area contributed by atoms with Crippen LogP contribution in [0.25, 0.3) is 10.8 Å². The average Bonchev–Trinajstić information content (AvgIpc) is 2.95. The van der Waals surface area contributed by atoms with E-state index in [2.05, 4.69) is 5.10 Å². The molecule has 2 aromatic heterocycles. The van der Waals surface area contributed by atoms with Crippen LogP contribution in [0.15, 0.2) is 21.9 Å². The molecule has 0 N–H and O–H groups in total. The molecule has 1 unspecified atom stereocenters. The Morgan fingerprint density at radius 2 is 2.14 bits per heavy atom. The molecule has 0 aromatic carbocycles. The van der Waals surface area contributed by atoms with Crippen LogP contribution in [-0.4, -0.2) is 34.0 Å². The number of nitrogens with zero attached hydrogens (tertiary/aromatic N) is 3. The first-order valence-corrected chi connectivity index (χ1v) is 6.90. The molecule has 3 heterocycles. The van der Waals surface area contributed by atoms with Gasteiger partial charge in [-0.1, -0.05) is 11.6 Å². The van der Waals surface area contributed by atoms with E-state index < -0.39 is 23.1 Å². The lowest BCUT2D eigenvalue weighted by molar-refractivity contribution is -0.00484. The van der Waals surface area contributed by atoms with Gasteiger partial charge in [0.15, 0.2) is 5.15 Å². The van der Waals surface area contributed by atoms with Gasteiger partial charge < -0.3 is 9.30 Å². The summed E-state index contributed by atoms with van der Waals surface area (Å²) in [6, 6.07) is 1.02. The first kappa shape index (κ1) is 15.1. The van der Waals surface area contributed by atoms with Gasteiger partial charge in [-0.25, -0.2) is 13.5 Å². The molecule has 0 radical (unpaired) electrons. The third-order valence-electron chi connectivity index (χ3n) is 3.96. The molecule has 118 valence electrons. The number of ether oxygens (including phenoxy) is 1. The first-order valence-electron chi connectivity index (χ1n) is 6.52. The van der Waals surface area contributed by atoms with Crippen LogP contribution in [-0.2, 0) is 17.3 Å². The number of rotatable bonds is 2. The Hall–Kier alpha value is -1.80.